The minimum absolute atomic E-state index is 0.0247. The highest BCUT2D eigenvalue weighted by molar-refractivity contribution is 7.92. The van der Waals surface area contributed by atoms with Gasteiger partial charge in [0.1, 0.15) is 6.54 Å². The first-order valence-electron chi connectivity index (χ1n) is 10.9. The Morgan fingerprint density at radius 3 is 2.29 bits per heavy atom. The van der Waals surface area contributed by atoms with Crippen molar-refractivity contribution in [1.29, 1.82) is 0 Å². The van der Waals surface area contributed by atoms with E-state index < -0.39 is 22.5 Å². The number of sulfonamides is 1. The number of halogens is 2. The monoisotopic (exact) mass is 536 g/mol. The molecular formula is C25H26Cl2N2O5S. The van der Waals surface area contributed by atoms with Crippen molar-refractivity contribution in [3.63, 3.8) is 0 Å². The molecule has 0 atom stereocenters. The number of amides is 1. The van der Waals surface area contributed by atoms with Crippen LogP contribution in [0.2, 0.25) is 10.0 Å². The quantitative estimate of drug-likeness (QED) is 0.359. The fraction of sp³-hybridized carbons (Fsp3) is 0.240. The minimum Gasteiger partial charge on any atom is -0.490 e. The van der Waals surface area contributed by atoms with Crippen LogP contribution in [0.4, 0.5) is 5.69 Å². The third kappa shape index (κ3) is 6.60. The molecule has 0 aliphatic heterocycles. The number of nitrogens with one attached hydrogen (secondary N) is 1. The highest BCUT2D eigenvalue weighted by Crippen LogP contribution is 2.35. The summed E-state index contributed by atoms with van der Waals surface area (Å²) in [6, 6.07) is 17.8. The van der Waals surface area contributed by atoms with Crippen LogP contribution in [0.1, 0.15) is 19.4 Å². The maximum Gasteiger partial charge on any atom is 0.264 e. The van der Waals surface area contributed by atoms with Gasteiger partial charge in [0.05, 0.1) is 33.8 Å². The lowest BCUT2D eigenvalue weighted by atomic mass is 10.2. The van der Waals surface area contributed by atoms with Gasteiger partial charge in [0, 0.05) is 6.54 Å². The van der Waals surface area contributed by atoms with Crippen LogP contribution in [0.3, 0.4) is 0 Å². The van der Waals surface area contributed by atoms with Crippen molar-refractivity contribution in [3.8, 4) is 11.5 Å². The highest BCUT2D eigenvalue weighted by atomic mass is 35.5. The Morgan fingerprint density at radius 1 is 0.914 bits per heavy atom. The molecule has 0 bridgehead atoms. The van der Waals surface area contributed by atoms with Gasteiger partial charge in [-0.15, -0.1) is 0 Å². The Bertz CT molecular complexity index is 1270. The average Bonchev–Trinajstić information content (AvgIpc) is 2.85. The van der Waals surface area contributed by atoms with Crippen LogP contribution in [0.15, 0.2) is 71.6 Å². The summed E-state index contributed by atoms with van der Waals surface area (Å²) in [6.45, 7) is 4.37. The van der Waals surface area contributed by atoms with E-state index in [9.17, 15) is 13.2 Å². The molecular weight excluding hydrogens is 511 g/mol. The van der Waals surface area contributed by atoms with E-state index in [4.69, 9.17) is 32.7 Å². The SMILES string of the molecule is CCOc1ccc(CNC(=O)CN(c2cccc(Cl)c2Cl)S(=O)(=O)c2ccccc2)cc1OCC. The summed E-state index contributed by atoms with van der Waals surface area (Å²) in [5.41, 5.74) is 0.876. The van der Waals surface area contributed by atoms with E-state index in [1.165, 1.54) is 18.2 Å². The summed E-state index contributed by atoms with van der Waals surface area (Å²) in [6.07, 6.45) is 0. The molecule has 0 unspecified atom stereocenters. The number of hydrogen-bond donors (Lipinski definition) is 1. The van der Waals surface area contributed by atoms with Crippen molar-refractivity contribution in [1.82, 2.24) is 5.32 Å². The summed E-state index contributed by atoms with van der Waals surface area (Å²) in [7, 11) is -4.10. The van der Waals surface area contributed by atoms with Crippen LogP contribution >= 0.6 is 23.2 Å². The van der Waals surface area contributed by atoms with Gasteiger partial charge in [0.2, 0.25) is 5.91 Å². The zero-order chi connectivity index (χ0) is 25.4. The van der Waals surface area contributed by atoms with E-state index in [1.54, 1.807) is 48.5 Å². The number of anilines is 1. The largest absolute Gasteiger partial charge is 0.490 e. The van der Waals surface area contributed by atoms with Crippen LogP contribution < -0.4 is 19.1 Å². The lowest BCUT2D eigenvalue weighted by Crippen LogP contribution is -2.40. The van der Waals surface area contributed by atoms with Crippen molar-refractivity contribution in [2.75, 3.05) is 24.1 Å². The number of nitrogens with zero attached hydrogens (tertiary/aromatic N) is 1. The smallest absolute Gasteiger partial charge is 0.264 e. The van der Waals surface area contributed by atoms with E-state index >= 15 is 0 Å². The Balaban J connectivity index is 1.84. The Hall–Kier alpha value is -2.94. The molecule has 0 radical (unpaired) electrons. The number of hydrogen-bond acceptors (Lipinski definition) is 5. The van der Waals surface area contributed by atoms with Gasteiger partial charge in [0.15, 0.2) is 11.5 Å². The molecule has 1 N–H and O–H groups in total. The van der Waals surface area contributed by atoms with Gasteiger partial charge in [0.25, 0.3) is 10.0 Å². The lowest BCUT2D eigenvalue weighted by molar-refractivity contribution is -0.119. The Kier molecular flexibility index (Phi) is 9.26. The molecule has 35 heavy (non-hydrogen) atoms. The molecule has 186 valence electrons. The number of rotatable bonds is 11. The minimum atomic E-state index is -4.10. The predicted octanol–water partition coefficient (Wildman–Crippen LogP) is 5.30. The van der Waals surface area contributed by atoms with Crippen LogP contribution in [0.25, 0.3) is 0 Å². The topological polar surface area (TPSA) is 84.9 Å². The fourth-order valence-electron chi connectivity index (χ4n) is 3.30. The molecule has 0 saturated carbocycles. The Morgan fingerprint density at radius 2 is 1.60 bits per heavy atom. The van der Waals surface area contributed by atoms with Crippen molar-refractivity contribution in [2.45, 2.75) is 25.3 Å². The molecule has 1 amide bonds. The molecule has 0 aliphatic carbocycles. The second kappa shape index (κ2) is 12.2. The van der Waals surface area contributed by atoms with Crippen molar-refractivity contribution < 1.29 is 22.7 Å². The van der Waals surface area contributed by atoms with Crippen molar-refractivity contribution in [2.24, 2.45) is 0 Å². The molecule has 0 fully saturated rings. The number of carbonyl (C=O) groups is 1. The third-order valence-corrected chi connectivity index (χ3v) is 7.50. The van der Waals surface area contributed by atoms with Crippen LogP contribution in [-0.4, -0.2) is 34.1 Å². The van der Waals surface area contributed by atoms with Crippen LogP contribution in [-0.2, 0) is 21.4 Å². The molecule has 0 spiro atoms. The van der Waals surface area contributed by atoms with Crippen molar-refractivity contribution in [3.05, 3.63) is 82.3 Å². The number of carbonyl (C=O) groups excluding carboxylic acids is 1. The average molecular weight is 537 g/mol. The molecule has 10 heteroatoms. The van der Waals surface area contributed by atoms with E-state index in [2.05, 4.69) is 5.32 Å². The normalized spacial score (nSPS) is 11.1. The number of benzene rings is 3. The first-order valence-corrected chi connectivity index (χ1v) is 13.1. The van der Waals surface area contributed by atoms with Gasteiger partial charge in [-0.25, -0.2) is 8.42 Å². The van der Waals surface area contributed by atoms with Gasteiger partial charge in [-0.2, -0.15) is 0 Å². The van der Waals surface area contributed by atoms with Crippen molar-refractivity contribution >= 4 is 44.8 Å². The highest BCUT2D eigenvalue weighted by Gasteiger charge is 2.29. The van der Waals surface area contributed by atoms with Gasteiger partial charge >= 0.3 is 0 Å². The zero-order valence-corrected chi connectivity index (χ0v) is 21.7. The standard InChI is InChI=1S/C25H26Cl2N2O5S/c1-3-33-22-14-13-18(15-23(22)34-4-2)16-28-24(30)17-29(21-12-8-11-20(26)25(21)27)35(31,32)19-9-6-5-7-10-19/h5-15H,3-4,16-17H2,1-2H3,(H,28,30). The van der Waals surface area contributed by atoms with Gasteiger partial charge in [-0.05, 0) is 55.8 Å². The first kappa shape index (κ1) is 26.7. The van der Waals surface area contributed by atoms with E-state index in [0.29, 0.717) is 24.7 Å². The van der Waals surface area contributed by atoms with E-state index in [0.717, 1.165) is 9.87 Å². The molecule has 0 aromatic heterocycles. The summed E-state index contributed by atoms with van der Waals surface area (Å²) in [5, 5.41) is 2.97. The van der Waals surface area contributed by atoms with Crippen LogP contribution in [0, 0.1) is 0 Å². The predicted molar refractivity (Wildman–Crippen MR) is 138 cm³/mol. The van der Waals surface area contributed by atoms with Gasteiger partial charge in [-0.1, -0.05) is 53.5 Å². The molecule has 3 aromatic carbocycles. The Labute approximate surface area is 215 Å². The summed E-state index contributed by atoms with van der Waals surface area (Å²) < 4.78 is 39.0. The maximum atomic E-state index is 13.4. The molecule has 0 aliphatic rings. The molecule has 3 aromatic rings. The zero-order valence-electron chi connectivity index (χ0n) is 19.3. The van der Waals surface area contributed by atoms with Crippen LogP contribution in [0.5, 0.6) is 11.5 Å². The van der Waals surface area contributed by atoms with Gasteiger partial charge in [-0.3, -0.25) is 9.10 Å². The summed E-state index contributed by atoms with van der Waals surface area (Å²) in [5.74, 6) is 0.660. The third-order valence-electron chi connectivity index (χ3n) is 4.92. The maximum absolute atomic E-state index is 13.4. The molecule has 7 nitrogen and oxygen atoms in total. The summed E-state index contributed by atoms with van der Waals surface area (Å²) in [4.78, 5) is 12.9. The molecule has 0 heterocycles. The molecule has 0 saturated heterocycles. The lowest BCUT2D eigenvalue weighted by Gasteiger charge is -2.25. The summed E-state index contributed by atoms with van der Waals surface area (Å²) >= 11 is 12.5. The molecule has 3 rings (SSSR count). The van der Waals surface area contributed by atoms with Gasteiger partial charge < -0.3 is 14.8 Å². The fourth-order valence-corrected chi connectivity index (χ4v) is 5.20. The van der Waals surface area contributed by atoms with E-state index in [-0.39, 0.29) is 27.2 Å². The first-order chi connectivity index (χ1) is 16.8. The van der Waals surface area contributed by atoms with E-state index in [1.807, 2.05) is 13.8 Å². The second-order valence-corrected chi connectivity index (χ2v) is 9.97. The second-order valence-electron chi connectivity index (χ2n) is 7.32. The number of ether oxygens (including phenoxy) is 2.